The van der Waals surface area contributed by atoms with Crippen LogP contribution in [0.3, 0.4) is 0 Å². The number of carbonyl (C=O) groups excluding carboxylic acids is 2. The molecule has 100 valence electrons. The summed E-state index contributed by atoms with van der Waals surface area (Å²) in [6.07, 6.45) is 1.65. The van der Waals surface area contributed by atoms with Crippen molar-refractivity contribution < 1.29 is 19.1 Å². The third-order valence-electron chi connectivity index (χ3n) is 3.75. The van der Waals surface area contributed by atoms with E-state index >= 15 is 0 Å². The molecular formula is C14H15NO4. The molecule has 19 heavy (non-hydrogen) atoms. The second kappa shape index (κ2) is 4.26. The van der Waals surface area contributed by atoms with E-state index in [0.29, 0.717) is 6.42 Å². The number of ether oxygens (including phenoxy) is 2. The fraction of sp³-hybridized carbons (Fsp3) is 0.429. The van der Waals surface area contributed by atoms with Gasteiger partial charge in [0, 0.05) is 6.42 Å². The minimum Gasteiger partial charge on any atom is -0.454 e. The van der Waals surface area contributed by atoms with Crippen molar-refractivity contribution in [3.05, 3.63) is 23.8 Å². The van der Waals surface area contributed by atoms with Crippen molar-refractivity contribution >= 4 is 11.8 Å². The zero-order valence-corrected chi connectivity index (χ0v) is 10.7. The molecule has 5 nitrogen and oxygen atoms in total. The summed E-state index contributed by atoms with van der Waals surface area (Å²) >= 11 is 0. The second-order valence-corrected chi connectivity index (χ2v) is 5.30. The summed E-state index contributed by atoms with van der Waals surface area (Å²) < 4.78 is 10.6. The lowest BCUT2D eigenvalue weighted by Gasteiger charge is -2.19. The van der Waals surface area contributed by atoms with Crippen molar-refractivity contribution in [2.75, 3.05) is 6.79 Å². The lowest BCUT2D eigenvalue weighted by atomic mass is 9.82. The van der Waals surface area contributed by atoms with Gasteiger partial charge in [0.25, 0.3) is 0 Å². The number of imide groups is 1. The summed E-state index contributed by atoms with van der Waals surface area (Å²) in [5.74, 6) is 1.15. The van der Waals surface area contributed by atoms with Crippen molar-refractivity contribution in [2.45, 2.75) is 26.2 Å². The molecule has 0 bridgehead atoms. The van der Waals surface area contributed by atoms with E-state index in [2.05, 4.69) is 5.32 Å². The van der Waals surface area contributed by atoms with Gasteiger partial charge >= 0.3 is 0 Å². The minimum atomic E-state index is -0.590. The van der Waals surface area contributed by atoms with Crippen molar-refractivity contribution in [3.63, 3.8) is 0 Å². The first kappa shape index (κ1) is 12.0. The van der Waals surface area contributed by atoms with Gasteiger partial charge in [0.2, 0.25) is 18.6 Å². The van der Waals surface area contributed by atoms with Gasteiger partial charge in [-0.3, -0.25) is 14.9 Å². The van der Waals surface area contributed by atoms with E-state index in [0.717, 1.165) is 23.5 Å². The molecule has 2 heterocycles. The molecule has 2 aliphatic rings. The predicted molar refractivity (Wildman–Crippen MR) is 66.8 cm³/mol. The molecule has 1 atom stereocenters. The fourth-order valence-corrected chi connectivity index (χ4v) is 2.47. The van der Waals surface area contributed by atoms with Gasteiger partial charge in [-0.15, -0.1) is 0 Å². The van der Waals surface area contributed by atoms with E-state index in [9.17, 15) is 9.59 Å². The van der Waals surface area contributed by atoms with E-state index in [-0.39, 0.29) is 25.0 Å². The summed E-state index contributed by atoms with van der Waals surface area (Å²) in [4.78, 5) is 23.0. The number of hydrogen-bond acceptors (Lipinski definition) is 4. The van der Waals surface area contributed by atoms with Crippen LogP contribution >= 0.6 is 0 Å². The van der Waals surface area contributed by atoms with Crippen LogP contribution in [-0.2, 0) is 16.0 Å². The predicted octanol–water partition coefficient (Wildman–Crippen LogP) is 1.40. The van der Waals surface area contributed by atoms with Crippen LogP contribution in [0.1, 0.15) is 25.3 Å². The van der Waals surface area contributed by atoms with Crippen LogP contribution < -0.4 is 14.8 Å². The number of amides is 2. The molecule has 1 N–H and O–H groups in total. The Balaban J connectivity index is 1.69. The number of fused-ring (bicyclic) bond motifs is 1. The molecule has 2 aliphatic heterocycles. The van der Waals surface area contributed by atoms with Gasteiger partial charge in [-0.1, -0.05) is 13.0 Å². The largest absolute Gasteiger partial charge is 0.454 e. The van der Waals surface area contributed by atoms with Crippen molar-refractivity contribution in [3.8, 4) is 11.5 Å². The number of benzene rings is 1. The Bertz CT molecular complexity index is 554. The molecule has 5 heteroatoms. The van der Waals surface area contributed by atoms with Crippen LogP contribution in [0, 0.1) is 5.41 Å². The van der Waals surface area contributed by atoms with Crippen LogP contribution in [0.4, 0.5) is 0 Å². The first-order valence-electron chi connectivity index (χ1n) is 6.30. The molecule has 0 aliphatic carbocycles. The van der Waals surface area contributed by atoms with Crippen LogP contribution in [-0.4, -0.2) is 18.6 Å². The molecule has 0 aromatic heterocycles. The van der Waals surface area contributed by atoms with Gasteiger partial charge in [-0.2, -0.15) is 0 Å². The maximum absolute atomic E-state index is 11.7. The van der Waals surface area contributed by atoms with E-state index in [1.807, 2.05) is 25.1 Å². The highest BCUT2D eigenvalue weighted by atomic mass is 16.7. The Hall–Kier alpha value is -2.04. The lowest BCUT2D eigenvalue weighted by molar-refractivity contribution is -0.128. The molecule has 1 saturated heterocycles. The normalized spacial score (nSPS) is 24.7. The third-order valence-corrected chi connectivity index (χ3v) is 3.75. The van der Waals surface area contributed by atoms with Crippen molar-refractivity contribution in [1.82, 2.24) is 5.32 Å². The Morgan fingerprint density at radius 2 is 2.05 bits per heavy atom. The van der Waals surface area contributed by atoms with E-state index in [1.165, 1.54) is 0 Å². The molecule has 0 saturated carbocycles. The average molecular weight is 261 g/mol. The first-order chi connectivity index (χ1) is 9.07. The summed E-state index contributed by atoms with van der Waals surface area (Å²) in [7, 11) is 0. The zero-order valence-electron chi connectivity index (χ0n) is 10.7. The number of hydrogen-bond donors (Lipinski definition) is 1. The summed E-state index contributed by atoms with van der Waals surface area (Å²) in [5, 5.41) is 2.36. The van der Waals surface area contributed by atoms with Crippen LogP contribution in [0.5, 0.6) is 11.5 Å². The molecule has 1 aromatic carbocycles. The molecule has 3 rings (SSSR count). The third kappa shape index (κ3) is 2.16. The summed E-state index contributed by atoms with van der Waals surface area (Å²) in [6.45, 7) is 2.09. The van der Waals surface area contributed by atoms with Crippen LogP contribution in [0.15, 0.2) is 18.2 Å². The monoisotopic (exact) mass is 261 g/mol. The Labute approximate surface area is 110 Å². The summed E-state index contributed by atoms with van der Waals surface area (Å²) in [5.41, 5.74) is 0.491. The lowest BCUT2D eigenvalue weighted by Crippen LogP contribution is -2.29. The molecule has 0 spiro atoms. The maximum Gasteiger partial charge on any atom is 0.233 e. The van der Waals surface area contributed by atoms with Gasteiger partial charge in [0.1, 0.15) is 0 Å². The highest BCUT2D eigenvalue weighted by Gasteiger charge is 2.41. The van der Waals surface area contributed by atoms with E-state index < -0.39 is 5.41 Å². The van der Waals surface area contributed by atoms with E-state index in [1.54, 1.807) is 0 Å². The Morgan fingerprint density at radius 1 is 1.26 bits per heavy atom. The van der Waals surface area contributed by atoms with Gasteiger partial charge in [0.15, 0.2) is 11.5 Å². The zero-order chi connectivity index (χ0) is 13.5. The van der Waals surface area contributed by atoms with Gasteiger partial charge < -0.3 is 9.47 Å². The number of nitrogens with one attached hydrogen (secondary N) is 1. The minimum absolute atomic E-state index is 0.168. The topological polar surface area (TPSA) is 64.6 Å². The van der Waals surface area contributed by atoms with Gasteiger partial charge in [-0.05, 0) is 30.5 Å². The smallest absolute Gasteiger partial charge is 0.233 e. The SMILES string of the molecule is CC1(CCc2ccc3c(c2)OCO3)CC(=O)NC1=O. The molecular weight excluding hydrogens is 246 g/mol. The average Bonchev–Trinajstić information content (AvgIpc) is 2.92. The quantitative estimate of drug-likeness (QED) is 0.835. The van der Waals surface area contributed by atoms with Crippen molar-refractivity contribution in [2.24, 2.45) is 5.41 Å². The van der Waals surface area contributed by atoms with Gasteiger partial charge in [0.05, 0.1) is 5.41 Å². The Morgan fingerprint density at radius 3 is 2.79 bits per heavy atom. The molecule has 1 unspecified atom stereocenters. The van der Waals surface area contributed by atoms with Gasteiger partial charge in [-0.25, -0.2) is 0 Å². The highest BCUT2D eigenvalue weighted by molar-refractivity contribution is 6.05. The highest BCUT2D eigenvalue weighted by Crippen LogP contribution is 2.35. The number of aryl methyl sites for hydroxylation is 1. The first-order valence-corrected chi connectivity index (χ1v) is 6.30. The van der Waals surface area contributed by atoms with E-state index in [4.69, 9.17) is 9.47 Å². The number of rotatable bonds is 3. The molecule has 0 radical (unpaired) electrons. The fourth-order valence-electron chi connectivity index (χ4n) is 2.47. The molecule has 1 aromatic rings. The maximum atomic E-state index is 11.7. The van der Waals surface area contributed by atoms with Crippen molar-refractivity contribution in [1.29, 1.82) is 0 Å². The Kier molecular flexibility index (Phi) is 2.69. The molecule has 1 fully saturated rings. The number of carbonyl (C=O) groups is 2. The standard InChI is InChI=1S/C14H15NO4/c1-14(7-12(16)15-13(14)17)5-4-9-2-3-10-11(6-9)19-8-18-10/h2-3,6H,4-5,7-8H2,1H3,(H,15,16,17). The van der Waals surface area contributed by atoms with Crippen LogP contribution in [0.25, 0.3) is 0 Å². The molecule has 2 amide bonds. The second-order valence-electron chi connectivity index (χ2n) is 5.30. The summed E-state index contributed by atoms with van der Waals surface area (Å²) in [6, 6.07) is 5.77. The van der Waals surface area contributed by atoms with Crippen LogP contribution in [0.2, 0.25) is 0 Å².